The number of hydrogen-bond acceptors (Lipinski definition) is 3. The summed E-state index contributed by atoms with van der Waals surface area (Å²) in [6, 6.07) is 4.80. The van der Waals surface area contributed by atoms with E-state index < -0.39 is 0 Å². The molecule has 0 aliphatic rings. The van der Waals surface area contributed by atoms with Crippen LogP contribution in [0.2, 0.25) is 10.0 Å². The summed E-state index contributed by atoms with van der Waals surface area (Å²) in [5.41, 5.74) is 0.471. The lowest BCUT2D eigenvalue weighted by Crippen LogP contribution is -2.02. The van der Waals surface area contributed by atoms with Crippen molar-refractivity contribution in [3.63, 3.8) is 0 Å². The van der Waals surface area contributed by atoms with Crippen LogP contribution < -0.4 is 0 Å². The van der Waals surface area contributed by atoms with E-state index in [1.54, 1.807) is 18.2 Å². The van der Waals surface area contributed by atoms with Gasteiger partial charge in [-0.25, -0.2) is 0 Å². The van der Waals surface area contributed by atoms with Crippen molar-refractivity contribution in [1.29, 1.82) is 0 Å². The van der Waals surface area contributed by atoms with Gasteiger partial charge in [0.2, 0.25) is 0 Å². The first kappa shape index (κ1) is 15.0. The topological polar surface area (TPSA) is 43.4 Å². The van der Waals surface area contributed by atoms with E-state index >= 15 is 0 Å². The van der Waals surface area contributed by atoms with Crippen molar-refractivity contribution in [3.05, 3.63) is 33.8 Å². The van der Waals surface area contributed by atoms with E-state index in [-0.39, 0.29) is 11.8 Å². The van der Waals surface area contributed by atoms with Crippen molar-refractivity contribution in [2.45, 2.75) is 25.7 Å². The van der Waals surface area contributed by atoms with Gasteiger partial charge in [-0.1, -0.05) is 23.2 Å². The second-order valence-corrected chi connectivity index (χ2v) is 4.67. The first-order chi connectivity index (χ1) is 8.54. The van der Waals surface area contributed by atoms with Crippen molar-refractivity contribution >= 4 is 35.0 Å². The average Bonchev–Trinajstić information content (AvgIpc) is 2.34. The molecular formula is C13H14Cl2O3. The molecule has 0 aromatic heterocycles. The maximum Gasteiger partial charge on any atom is 0.305 e. The van der Waals surface area contributed by atoms with E-state index in [0.717, 1.165) is 0 Å². The molecule has 0 saturated carbocycles. The fraction of sp³-hybridized carbons (Fsp3) is 0.385. The fourth-order valence-corrected chi connectivity index (χ4v) is 2.02. The zero-order valence-corrected chi connectivity index (χ0v) is 11.6. The number of benzene rings is 1. The monoisotopic (exact) mass is 288 g/mol. The van der Waals surface area contributed by atoms with Crippen molar-refractivity contribution < 1.29 is 14.3 Å². The lowest BCUT2D eigenvalue weighted by molar-refractivity contribution is -0.140. The maximum atomic E-state index is 11.8. The molecule has 0 saturated heterocycles. The molecule has 3 nitrogen and oxygen atoms in total. The Hall–Kier alpha value is -1.06. The van der Waals surface area contributed by atoms with Gasteiger partial charge >= 0.3 is 5.97 Å². The minimum atomic E-state index is -0.257. The van der Waals surface area contributed by atoms with Crippen LogP contribution in [0.4, 0.5) is 0 Å². The highest BCUT2D eigenvalue weighted by atomic mass is 35.5. The molecule has 5 heteroatoms. The Morgan fingerprint density at radius 1 is 1.17 bits per heavy atom. The standard InChI is InChI=1S/C13H14Cl2O3/c1-18-13(17)5-3-2-4-12(16)10-7-6-9(14)8-11(10)15/h6-8H,2-5H2,1H3. The third-order valence-electron chi connectivity index (χ3n) is 2.49. The Morgan fingerprint density at radius 2 is 1.83 bits per heavy atom. The molecule has 0 radical (unpaired) electrons. The van der Waals surface area contributed by atoms with Crippen LogP contribution in [0.5, 0.6) is 0 Å². The summed E-state index contributed by atoms with van der Waals surface area (Å²) in [5, 5.41) is 0.864. The molecule has 0 atom stereocenters. The number of esters is 1. The largest absolute Gasteiger partial charge is 0.469 e. The molecule has 98 valence electrons. The predicted octanol–water partition coefficient (Wildman–Crippen LogP) is 3.91. The number of hydrogen-bond donors (Lipinski definition) is 0. The number of Topliss-reactive ketones (excluding diaryl/α,β-unsaturated/α-hetero) is 1. The molecule has 0 aliphatic carbocycles. The molecule has 0 spiro atoms. The Morgan fingerprint density at radius 3 is 2.44 bits per heavy atom. The molecule has 1 rings (SSSR count). The SMILES string of the molecule is COC(=O)CCCCC(=O)c1ccc(Cl)cc1Cl. The highest BCUT2D eigenvalue weighted by Crippen LogP contribution is 2.22. The summed E-state index contributed by atoms with van der Waals surface area (Å²) in [5.74, 6) is -0.298. The van der Waals surface area contributed by atoms with Crippen molar-refractivity contribution in [3.8, 4) is 0 Å². The molecule has 0 aliphatic heterocycles. The van der Waals surface area contributed by atoms with Crippen molar-refractivity contribution in [2.24, 2.45) is 0 Å². The number of carbonyl (C=O) groups is 2. The Bertz CT molecular complexity index is 444. The molecular weight excluding hydrogens is 275 g/mol. The lowest BCUT2D eigenvalue weighted by atomic mass is 10.0. The first-order valence-corrected chi connectivity index (χ1v) is 6.35. The van der Waals surface area contributed by atoms with Crippen LogP contribution in [0.25, 0.3) is 0 Å². The van der Waals surface area contributed by atoms with Gasteiger partial charge in [0, 0.05) is 23.4 Å². The van der Waals surface area contributed by atoms with E-state index in [0.29, 0.717) is 41.3 Å². The van der Waals surface area contributed by atoms with Crippen LogP contribution in [0.1, 0.15) is 36.0 Å². The molecule has 0 bridgehead atoms. The van der Waals surface area contributed by atoms with Gasteiger partial charge in [0.25, 0.3) is 0 Å². The van der Waals surface area contributed by atoms with Gasteiger partial charge in [-0.05, 0) is 31.0 Å². The van der Waals surface area contributed by atoms with Crippen molar-refractivity contribution in [1.82, 2.24) is 0 Å². The van der Waals surface area contributed by atoms with E-state index in [4.69, 9.17) is 23.2 Å². The summed E-state index contributed by atoms with van der Waals surface area (Å²) in [4.78, 5) is 22.7. The van der Waals surface area contributed by atoms with Crippen LogP contribution in [-0.4, -0.2) is 18.9 Å². The quantitative estimate of drug-likeness (QED) is 0.453. The number of methoxy groups -OCH3 is 1. The first-order valence-electron chi connectivity index (χ1n) is 5.59. The molecule has 18 heavy (non-hydrogen) atoms. The zero-order chi connectivity index (χ0) is 13.5. The molecule has 0 N–H and O–H groups in total. The number of carbonyl (C=O) groups excluding carboxylic acids is 2. The second kappa shape index (κ2) is 7.39. The molecule has 0 fully saturated rings. The van der Waals surface area contributed by atoms with E-state index in [1.807, 2.05) is 0 Å². The minimum Gasteiger partial charge on any atom is -0.469 e. The van der Waals surface area contributed by atoms with E-state index in [9.17, 15) is 9.59 Å². The van der Waals surface area contributed by atoms with Gasteiger partial charge in [-0.3, -0.25) is 9.59 Å². The second-order valence-electron chi connectivity index (χ2n) is 3.83. The number of rotatable bonds is 6. The Labute approximate surface area is 116 Å². The van der Waals surface area contributed by atoms with Gasteiger partial charge in [0.05, 0.1) is 12.1 Å². The maximum absolute atomic E-state index is 11.8. The normalized spacial score (nSPS) is 10.2. The summed E-state index contributed by atoms with van der Waals surface area (Å²) in [6.45, 7) is 0. The predicted molar refractivity (Wildman–Crippen MR) is 71.3 cm³/mol. The molecule has 1 aromatic carbocycles. The van der Waals surface area contributed by atoms with Crippen LogP contribution in [0.3, 0.4) is 0 Å². The third-order valence-corrected chi connectivity index (χ3v) is 3.04. The van der Waals surface area contributed by atoms with Crippen molar-refractivity contribution in [2.75, 3.05) is 7.11 Å². The highest BCUT2D eigenvalue weighted by molar-refractivity contribution is 6.36. The number of ketones is 1. The van der Waals surface area contributed by atoms with Crippen LogP contribution in [0.15, 0.2) is 18.2 Å². The minimum absolute atomic E-state index is 0.0402. The molecule has 0 unspecified atom stereocenters. The third kappa shape index (κ3) is 4.67. The van der Waals surface area contributed by atoms with Gasteiger partial charge in [0.1, 0.15) is 0 Å². The highest BCUT2D eigenvalue weighted by Gasteiger charge is 2.10. The van der Waals surface area contributed by atoms with Gasteiger partial charge in [0.15, 0.2) is 5.78 Å². The summed E-state index contributed by atoms with van der Waals surface area (Å²) in [7, 11) is 1.35. The van der Waals surface area contributed by atoms with Crippen LogP contribution in [-0.2, 0) is 9.53 Å². The van der Waals surface area contributed by atoms with E-state index in [1.165, 1.54) is 7.11 Å². The average molecular weight is 289 g/mol. The van der Waals surface area contributed by atoms with E-state index in [2.05, 4.69) is 4.74 Å². The Balaban J connectivity index is 2.43. The number of unbranched alkanes of at least 4 members (excludes halogenated alkanes) is 1. The number of ether oxygens (including phenoxy) is 1. The van der Waals surface area contributed by atoms with Gasteiger partial charge in [-0.2, -0.15) is 0 Å². The van der Waals surface area contributed by atoms with Crippen LogP contribution in [0, 0.1) is 0 Å². The number of halogens is 2. The Kier molecular flexibility index (Phi) is 6.16. The molecule has 0 heterocycles. The zero-order valence-electron chi connectivity index (χ0n) is 10.0. The molecule has 0 amide bonds. The molecule has 1 aromatic rings. The summed E-state index contributed by atoms with van der Waals surface area (Å²) >= 11 is 11.7. The fourth-order valence-electron chi connectivity index (χ4n) is 1.51. The smallest absolute Gasteiger partial charge is 0.305 e. The lowest BCUT2D eigenvalue weighted by Gasteiger charge is -2.04. The van der Waals surface area contributed by atoms with Gasteiger partial charge in [-0.15, -0.1) is 0 Å². The van der Waals surface area contributed by atoms with Crippen LogP contribution >= 0.6 is 23.2 Å². The van der Waals surface area contributed by atoms with Gasteiger partial charge < -0.3 is 4.74 Å². The summed E-state index contributed by atoms with van der Waals surface area (Å²) in [6.07, 6.45) is 1.95. The summed E-state index contributed by atoms with van der Waals surface area (Å²) < 4.78 is 4.51.